The Morgan fingerprint density at radius 2 is 2.50 bits per heavy atom. The van der Waals surface area contributed by atoms with Crippen molar-refractivity contribution in [2.24, 2.45) is 5.73 Å². The van der Waals surface area contributed by atoms with E-state index in [9.17, 15) is 9.90 Å². The van der Waals surface area contributed by atoms with E-state index in [-0.39, 0.29) is 11.7 Å². The number of hydrogen-bond acceptors (Lipinski definition) is 6. The largest absolute Gasteiger partial charge is 0.383 e. The van der Waals surface area contributed by atoms with Crippen LogP contribution in [0.15, 0.2) is 4.52 Å². The van der Waals surface area contributed by atoms with Crippen LogP contribution in [0.1, 0.15) is 29.0 Å². The molecule has 14 heavy (non-hydrogen) atoms. The van der Waals surface area contributed by atoms with E-state index in [4.69, 9.17) is 5.73 Å². The number of aliphatic hydroxyl groups excluding tert-OH is 1. The van der Waals surface area contributed by atoms with Crippen molar-refractivity contribution in [2.45, 2.75) is 12.5 Å². The van der Waals surface area contributed by atoms with Crippen LogP contribution in [0.5, 0.6) is 0 Å². The Balaban J connectivity index is 2.72. The molecule has 7 heteroatoms. The Bertz CT molecular complexity index is 312. The van der Waals surface area contributed by atoms with Gasteiger partial charge < -0.3 is 20.7 Å². The third kappa shape index (κ3) is 2.27. The molecule has 0 aliphatic rings. The molecule has 1 atom stereocenters. The summed E-state index contributed by atoms with van der Waals surface area (Å²) in [5.74, 6) is -0.549. The van der Waals surface area contributed by atoms with Gasteiger partial charge in [0, 0.05) is 7.05 Å². The average molecular weight is 200 g/mol. The van der Waals surface area contributed by atoms with Gasteiger partial charge in [-0.2, -0.15) is 4.98 Å². The predicted molar refractivity (Wildman–Crippen MR) is 46.3 cm³/mol. The molecule has 1 aromatic heterocycles. The summed E-state index contributed by atoms with van der Waals surface area (Å²) in [6, 6.07) is 0. The molecule has 4 N–H and O–H groups in total. The van der Waals surface area contributed by atoms with E-state index in [1.165, 1.54) is 7.05 Å². The molecular weight excluding hydrogens is 188 g/mol. The first-order valence-electron chi connectivity index (χ1n) is 4.13. The van der Waals surface area contributed by atoms with Gasteiger partial charge in [0.1, 0.15) is 6.10 Å². The fraction of sp³-hybridized carbons (Fsp3) is 0.571. The Morgan fingerprint density at radius 1 is 1.79 bits per heavy atom. The topological polar surface area (TPSA) is 114 Å². The molecule has 0 spiro atoms. The minimum absolute atomic E-state index is 0.00838. The van der Waals surface area contributed by atoms with Gasteiger partial charge in [-0.3, -0.25) is 4.79 Å². The second kappa shape index (κ2) is 4.68. The monoisotopic (exact) mass is 200 g/mol. The van der Waals surface area contributed by atoms with Gasteiger partial charge in [0.2, 0.25) is 0 Å². The lowest BCUT2D eigenvalue weighted by atomic mass is 10.2. The first-order chi connectivity index (χ1) is 6.69. The molecule has 0 aromatic carbocycles. The third-order valence-corrected chi connectivity index (χ3v) is 1.60. The number of carbonyl (C=O) groups excluding carboxylic acids is 1. The van der Waals surface area contributed by atoms with Crippen LogP contribution >= 0.6 is 0 Å². The Morgan fingerprint density at radius 3 is 3.07 bits per heavy atom. The highest BCUT2D eigenvalue weighted by atomic mass is 16.5. The Hall–Kier alpha value is -1.47. The van der Waals surface area contributed by atoms with E-state index in [1.54, 1.807) is 0 Å². The zero-order valence-corrected chi connectivity index (χ0v) is 7.73. The number of nitrogens with two attached hydrogens (primary N) is 1. The van der Waals surface area contributed by atoms with Gasteiger partial charge in [0.15, 0.2) is 0 Å². The molecule has 0 bridgehead atoms. The zero-order chi connectivity index (χ0) is 10.6. The molecular formula is C7H12N4O3. The van der Waals surface area contributed by atoms with E-state index in [0.29, 0.717) is 13.0 Å². The van der Waals surface area contributed by atoms with E-state index < -0.39 is 12.0 Å². The van der Waals surface area contributed by atoms with Crippen LogP contribution in [-0.4, -0.2) is 34.7 Å². The molecule has 0 radical (unpaired) electrons. The van der Waals surface area contributed by atoms with Crippen LogP contribution in [0.3, 0.4) is 0 Å². The summed E-state index contributed by atoms with van der Waals surface area (Å²) >= 11 is 0. The lowest BCUT2D eigenvalue weighted by molar-refractivity contribution is 0.0949. The number of hydrogen-bond donors (Lipinski definition) is 3. The Labute approximate surface area is 80.3 Å². The maximum atomic E-state index is 11.0. The fourth-order valence-corrected chi connectivity index (χ4v) is 0.856. The molecule has 1 unspecified atom stereocenters. The molecule has 0 saturated carbocycles. The SMILES string of the molecule is CNC(=O)c1noc(C(O)CCN)n1. The van der Waals surface area contributed by atoms with Crippen LogP contribution in [0, 0.1) is 0 Å². The number of amides is 1. The van der Waals surface area contributed by atoms with Gasteiger partial charge in [-0.25, -0.2) is 0 Å². The van der Waals surface area contributed by atoms with Gasteiger partial charge >= 0.3 is 0 Å². The minimum Gasteiger partial charge on any atom is -0.383 e. The quantitative estimate of drug-likeness (QED) is 0.563. The van der Waals surface area contributed by atoms with Crippen molar-refractivity contribution in [3.05, 3.63) is 11.7 Å². The molecule has 0 aliphatic heterocycles. The molecule has 1 amide bonds. The van der Waals surface area contributed by atoms with Gasteiger partial charge in [0.25, 0.3) is 17.6 Å². The molecule has 1 rings (SSSR count). The molecule has 78 valence electrons. The van der Waals surface area contributed by atoms with E-state index in [1.807, 2.05) is 0 Å². The van der Waals surface area contributed by atoms with Crippen LogP contribution in [0.4, 0.5) is 0 Å². The average Bonchev–Trinajstić information content (AvgIpc) is 2.66. The first kappa shape index (κ1) is 10.6. The highest BCUT2D eigenvalue weighted by Crippen LogP contribution is 2.12. The van der Waals surface area contributed by atoms with Gasteiger partial charge in [-0.15, -0.1) is 0 Å². The molecule has 1 aromatic rings. The molecule has 0 aliphatic carbocycles. The van der Waals surface area contributed by atoms with Crippen molar-refractivity contribution >= 4 is 5.91 Å². The lowest BCUT2D eigenvalue weighted by Gasteiger charge is -2.00. The van der Waals surface area contributed by atoms with Crippen LogP contribution in [0.25, 0.3) is 0 Å². The van der Waals surface area contributed by atoms with Crippen molar-refractivity contribution in [1.29, 1.82) is 0 Å². The number of nitrogens with zero attached hydrogens (tertiary/aromatic N) is 2. The van der Waals surface area contributed by atoms with Crippen molar-refractivity contribution in [3.63, 3.8) is 0 Å². The van der Waals surface area contributed by atoms with Crippen LogP contribution in [-0.2, 0) is 0 Å². The highest BCUT2D eigenvalue weighted by molar-refractivity contribution is 5.89. The van der Waals surface area contributed by atoms with Crippen molar-refractivity contribution in [2.75, 3.05) is 13.6 Å². The molecule has 0 fully saturated rings. The van der Waals surface area contributed by atoms with Crippen molar-refractivity contribution < 1.29 is 14.4 Å². The Kier molecular flexibility index (Phi) is 3.55. The molecule has 0 saturated heterocycles. The van der Waals surface area contributed by atoms with E-state index in [2.05, 4.69) is 20.0 Å². The second-order valence-corrected chi connectivity index (χ2v) is 2.63. The van der Waals surface area contributed by atoms with E-state index in [0.717, 1.165) is 0 Å². The summed E-state index contributed by atoms with van der Waals surface area (Å²) in [5.41, 5.74) is 5.23. The summed E-state index contributed by atoms with van der Waals surface area (Å²) in [5, 5.41) is 15.1. The summed E-state index contributed by atoms with van der Waals surface area (Å²) in [7, 11) is 1.45. The number of aliphatic hydroxyl groups is 1. The summed E-state index contributed by atoms with van der Waals surface area (Å²) in [6.07, 6.45) is -0.596. The van der Waals surface area contributed by atoms with Crippen LogP contribution in [0.2, 0.25) is 0 Å². The summed E-state index contributed by atoms with van der Waals surface area (Å²) in [4.78, 5) is 14.7. The predicted octanol–water partition coefficient (Wildman–Crippen LogP) is -1.19. The fourth-order valence-electron chi connectivity index (χ4n) is 0.856. The van der Waals surface area contributed by atoms with Gasteiger partial charge in [-0.1, -0.05) is 5.16 Å². The normalized spacial score (nSPS) is 12.5. The molecule has 7 nitrogen and oxygen atoms in total. The second-order valence-electron chi connectivity index (χ2n) is 2.63. The third-order valence-electron chi connectivity index (χ3n) is 1.60. The summed E-state index contributed by atoms with van der Waals surface area (Å²) < 4.78 is 4.67. The maximum absolute atomic E-state index is 11.0. The van der Waals surface area contributed by atoms with Crippen LogP contribution < -0.4 is 11.1 Å². The number of aromatic nitrogens is 2. The smallest absolute Gasteiger partial charge is 0.292 e. The number of nitrogens with one attached hydrogen (secondary N) is 1. The maximum Gasteiger partial charge on any atom is 0.292 e. The van der Waals surface area contributed by atoms with Gasteiger partial charge in [0.05, 0.1) is 0 Å². The minimum atomic E-state index is -0.911. The highest BCUT2D eigenvalue weighted by Gasteiger charge is 2.18. The number of carbonyl (C=O) groups is 1. The summed E-state index contributed by atoms with van der Waals surface area (Å²) in [6.45, 7) is 0.304. The van der Waals surface area contributed by atoms with Crippen molar-refractivity contribution in [3.8, 4) is 0 Å². The standard InChI is InChI=1S/C7H12N4O3/c1-9-6(13)5-10-7(14-11-5)4(12)2-3-8/h4,12H,2-3,8H2,1H3,(H,9,13). The zero-order valence-electron chi connectivity index (χ0n) is 7.73. The van der Waals surface area contributed by atoms with Crippen molar-refractivity contribution in [1.82, 2.24) is 15.5 Å². The number of rotatable bonds is 4. The first-order valence-corrected chi connectivity index (χ1v) is 4.13. The lowest BCUT2D eigenvalue weighted by Crippen LogP contribution is -2.19. The van der Waals surface area contributed by atoms with Gasteiger partial charge in [-0.05, 0) is 13.0 Å². The van der Waals surface area contributed by atoms with E-state index >= 15 is 0 Å². The molecule has 1 heterocycles.